The fourth-order valence-electron chi connectivity index (χ4n) is 6.03. The molecule has 5 heterocycles. The smallest absolute Gasteiger partial charge is 0.434 e. The summed E-state index contributed by atoms with van der Waals surface area (Å²) in [5.41, 5.74) is 2.73. The maximum atomic E-state index is 13.5. The first kappa shape index (κ1) is 29.2. The van der Waals surface area contributed by atoms with Crippen molar-refractivity contribution in [2.45, 2.75) is 56.2 Å². The molecule has 0 bridgehead atoms. The highest BCUT2D eigenvalue weighted by molar-refractivity contribution is 5.90. The van der Waals surface area contributed by atoms with Gasteiger partial charge in [-0.2, -0.15) is 18.2 Å². The highest BCUT2D eigenvalue weighted by Crippen LogP contribution is 2.45. The van der Waals surface area contributed by atoms with E-state index in [-0.39, 0.29) is 17.4 Å². The second kappa shape index (κ2) is 10.9. The summed E-state index contributed by atoms with van der Waals surface area (Å²) < 4.78 is 49.6. The number of alkyl halides is 3. The number of methoxy groups -OCH3 is 1. The van der Waals surface area contributed by atoms with E-state index in [0.29, 0.717) is 51.8 Å². The number of aromatic nitrogens is 8. The van der Waals surface area contributed by atoms with E-state index in [1.165, 1.54) is 13.4 Å². The third-order valence-electron chi connectivity index (χ3n) is 8.73. The summed E-state index contributed by atoms with van der Waals surface area (Å²) in [6, 6.07) is 7.28. The Balaban J connectivity index is 1.23. The Kier molecular flexibility index (Phi) is 6.77. The van der Waals surface area contributed by atoms with Crippen LogP contribution in [0.4, 0.5) is 13.2 Å². The van der Waals surface area contributed by atoms with E-state index in [0.717, 1.165) is 43.1 Å². The number of aryl methyl sites for hydroxylation is 1. The van der Waals surface area contributed by atoms with Gasteiger partial charge in [-0.25, -0.2) is 29.9 Å². The molecule has 5 aromatic rings. The maximum absolute atomic E-state index is 13.5. The standard InChI is InChI=1S/C33H28F3N9O2/c1-44-12-11-37-30(44)22-14-21-23(13-17-3-5-19(6-4-17)29-41-24(33(34,35)36)15-45(29)20-9-10-20)40-28(42-27(21)43-31(22)46)25-26(18-7-8-18)38-16-39-32(25)47-2/h3-6,11-12,14-16,18,20,22H,7-10,13H2,1-2H3. The van der Waals surface area contributed by atoms with Crippen molar-refractivity contribution < 1.29 is 22.7 Å². The summed E-state index contributed by atoms with van der Waals surface area (Å²) in [5, 5.41) is 0.605. The number of rotatable bonds is 8. The van der Waals surface area contributed by atoms with Crippen molar-refractivity contribution in [3.63, 3.8) is 0 Å². The quantitative estimate of drug-likeness (QED) is 0.249. The zero-order chi connectivity index (χ0) is 32.4. The Morgan fingerprint density at radius 1 is 1.00 bits per heavy atom. The topological polar surface area (TPSA) is 126 Å². The molecule has 11 nitrogen and oxygen atoms in total. The minimum Gasteiger partial charge on any atom is -0.480 e. The number of carbonyl (C=O) groups excluding carboxylic acids is 1. The molecule has 0 N–H and O–H groups in total. The maximum Gasteiger partial charge on any atom is 0.434 e. The molecule has 1 aliphatic heterocycles. The summed E-state index contributed by atoms with van der Waals surface area (Å²) in [6.07, 6.45) is 7.14. The van der Waals surface area contributed by atoms with Crippen LogP contribution in [0, 0.1) is 0 Å². The molecule has 238 valence electrons. The molecule has 3 aliphatic rings. The molecule has 47 heavy (non-hydrogen) atoms. The second-order valence-electron chi connectivity index (χ2n) is 12.1. The molecular weight excluding hydrogens is 611 g/mol. The monoisotopic (exact) mass is 639 g/mol. The van der Waals surface area contributed by atoms with Gasteiger partial charge in [0.25, 0.3) is 5.91 Å². The number of halogens is 3. The number of benzene rings is 1. The van der Waals surface area contributed by atoms with Crippen LogP contribution in [-0.4, -0.2) is 52.1 Å². The Morgan fingerprint density at radius 3 is 2.45 bits per heavy atom. The SMILES string of the molecule is COc1ncnc(C2CC2)c1-c1nc(Cc2ccc(-c3nc(C(F)(F)F)cn3C3CC3)cc2)c2c(n1)=NC(=O)C(c1nccn1C)C=2. The zero-order valence-corrected chi connectivity index (χ0v) is 25.4. The average molecular weight is 640 g/mol. The molecule has 1 aromatic carbocycles. The van der Waals surface area contributed by atoms with Gasteiger partial charge in [0.05, 0.1) is 18.5 Å². The highest BCUT2D eigenvalue weighted by atomic mass is 19.4. The third kappa shape index (κ3) is 5.36. The van der Waals surface area contributed by atoms with E-state index in [1.807, 2.05) is 19.2 Å². The predicted octanol–water partition coefficient (Wildman–Crippen LogP) is 4.09. The molecule has 4 aromatic heterocycles. The number of nitrogens with zero attached hydrogens (tertiary/aromatic N) is 9. The van der Waals surface area contributed by atoms with Crippen LogP contribution in [0.5, 0.6) is 5.88 Å². The summed E-state index contributed by atoms with van der Waals surface area (Å²) in [7, 11) is 3.34. The van der Waals surface area contributed by atoms with Gasteiger partial charge >= 0.3 is 6.18 Å². The summed E-state index contributed by atoms with van der Waals surface area (Å²) in [4.78, 5) is 44.7. The van der Waals surface area contributed by atoms with Crippen LogP contribution in [0.1, 0.15) is 72.0 Å². The van der Waals surface area contributed by atoms with Gasteiger partial charge in [0.1, 0.15) is 29.5 Å². The molecule has 2 aliphatic carbocycles. The molecule has 2 fully saturated rings. The summed E-state index contributed by atoms with van der Waals surface area (Å²) in [6.45, 7) is 0. The largest absolute Gasteiger partial charge is 0.480 e. The first-order chi connectivity index (χ1) is 22.7. The van der Waals surface area contributed by atoms with Crippen LogP contribution in [0.2, 0.25) is 0 Å². The van der Waals surface area contributed by atoms with Crippen molar-refractivity contribution in [3.05, 3.63) is 88.4 Å². The van der Waals surface area contributed by atoms with E-state index in [2.05, 4.69) is 24.9 Å². The van der Waals surface area contributed by atoms with Gasteiger partial charge in [0.15, 0.2) is 17.0 Å². The summed E-state index contributed by atoms with van der Waals surface area (Å²) in [5.74, 6) is 0.590. The van der Waals surface area contributed by atoms with Gasteiger partial charge in [-0.3, -0.25) is 4.79 Å². The first-order valence-corrected chi connectivity index (χ1v) is 15.3. The number of ether oxygens (including phenoxy) is 1. The molecule has 0 spiro atoms. The predicted molar refractivity (Wildman–Crippen MR) is 162 cm³/mol. The number of hydrogen-bond donors (Lipinski definition) is 0. The molecule has 1 atom stereocenters. The Morgan fingerprint density at radius 2 is 1.79 bits per heavy atom. The van der Waals surface area contributed by atoms with Crippen LogP contribution < -0.4 is 15.4 Å². The number of imidazole rings is 2. The number of carbonyl (C=O) groups is 1. The Bertz CT molecular complexity index is 2160. The average Bonchev–Trinajstić information content (AvgIpc) is 3.99. The zero-order valence-electron chi connectivity index (χ0n) is 25.4. The summed E-state index contributed by atoms with van der Waals surface area (Å²) >= 11 is 0. The van der Waals surface area contributed by atoms with Crippen molar-refractivity contribution in [1.29, 1.82) is 0 Å². The molecule has 0 radical (unpaired) electrons. The lowest BCUT2D eigenvalue weighted by molar-refractivity contribution is -0.140. The van der Waals surface area contributed by atoms with Crippen LogP contribution in [0.15, 0.2) is 54.2 Å². The minimum atomic E-state index is -4.53. The molecular formula is C33H28F3N9O2. The van der Waals surface area contributed by atoms with E-state index in [9.17, 15) is 18.0 Å². The fourth-order valence-corrected chi connectivity index (χ4v) is 6.03. The lowest BCUT2D eigenvalue weighted by Gasteiger charge is -2.16. The minimum absolute atomic E-state index is 0.0207. The molecule has 0 saturated heterocycles. The van der Waals surface area contributed by atoms with Gasteiger partial charge in [-0.05, 0) is 31.2 Å². The van der Waals surface area contributed by atoms with E-state index in [4.69, 9.17) is 14.7 Å². The van der Waals surface area contributed by atoms with E-state index < -0.39 is 23.7 Å². The highest BCUT2D eigenvalue weighted by Gasteiger charge is 2.38. The number of hydrogen-bond acceptors (Lipinski definition) is 8. The van der Waals surface area contributed by atoms with Crippen LogP contribution >= 0.6 is 0 Å². The number of fused-ring (bicyclic) bond motifs is 1. The van der Waals surface area contributed by atoms with E-state index >= 15 is 0 Å². The molecule has 8 rings (SSSR count). The normalized spacial score (nSPS) is 17.6. The van der Waals surface area contributed by atoms with Crippen molar-refractivity contribution in [1.82, 2.24) is 39.0 Å². The van der Waals surface area contributed by atoms with Crippen LogP contribution in [0.25, 0.3) is 28.9 Å². The van der Waals surface area contributed by atoms with Gasteiger partial charge in [0, 0.05) is 54.8 Å². The van der Waals surface area contributed by atoms with Crippen molar-refractivity contribution in [2.75, 3.05) is 7.11 Å². The van der Waals surface area contributed by atoms with Crippen molar-refractivity contribution in [2.24, 2.45) is 12.0 Å². The molecule has 1 amide bonds. The van der Waals surface area contributed by atoms with Crippen LogP contribution in [-0.2, 0) is 24.4 Å². The van der Waals surface area contributed by atoms with Crippen molar-refractivity contribution in [3.8, 4) is 28.7 Å². The van der Waals surface area contributed by atoms with Gasteiger partial charge in [0.2, 0.25) is 5.88 Å². The first-order valence-electron chi connectivity index (χ1n) is 15.3. The second-order valence-corrected chi connectivity index (χ2v) is 12.1. The lowest BCUT2D eigenvalue weighted by Crippen LogP contribution is -2.40. The van der Waals surface area contributed by atoms with Crippen LogP contribution in [0.3, 0.4) is 0 Å². The Hall–Kier alpha value is -5.27. The van der Waals surface area contributed by atoms with Gasteiger partial charge < -0.3 is 13.9 Å². The van der Waals surface area contributed by atoms with E-state index in [1.54, 1.807) is 39.7 Å². The van der Waals surface area contributed by atoms with Crippen molar-refractivity contribution >= 4 is 12.0 Å². The fraction of sp³-hybridized carbons (Fsp3) is 0.333. The molecule has 1 unspecified atom stereocenters. The lowest BCUT2D eigenvalue weighted by atomic mass is 10.00. The number of amides is 1. The molecule has 14 heteroatoms. The Labute approximate surface area is 266 Å². The molecule has 2 saturated carbocycles. The third-order valence-corrected chi connectivity index (χ3v) is 8.73. The van der Waals surface area contributed by atoms with Gasteiger partial charge in [-0.15, -0.1) is 0 Å². The van der Waals surface area contributed by atoms with Gasteiger partial charge in [-0.1, -0.05) is 30.3 Å².